The number of benzene rings is 2. The lowest BCUT2D eigenvalue weighted by Gasteiger charge is -2.29. The van der Waals surface area contributed by atoms with Crippen LogP contribution in [-0.4, -0.2) is 32.0 Å². The fourth-order valence-corrected chi connectivity index (χ4v) is 2.51. The largest absolute Gasteiger partial charge is 0.481 e. The highest BCUT2D eigenvalue weighted by molar-refractivity contribution is 6.02. The number of likely N-dealkylation sites (N-methyl/N-ethyl adjacent to an activating group) is 1. The Balaban J connectivity index is 1.75. The van der Waals surface area contributed by atoms with Crippen molar-refractivity contribution in [2.75, 3.05) is 30.4 Å². The number of amides is 2. The third-order valence-electron chi connectivity index (χ3n) is 3.82. The van der Waals surface area contributed by atoms with E-state index in [4.69, 9.17) is 4.74 Å². The molecule has 0 unspecified atom stereocenters. The first-order chi connectivity index (χ1) is 11.7. The van der Waals surface area contributed by atoms with Crippen molar-refractivity contribution in [2.24, 2.45) is 0 Å². The molecule has 0 spiro atoms. The minimum Gasteiger partial charge on any atom is -0.481 e. The standard InChI is InChI=1S/C18H19N3O3/c1-19-17(22)11-21-15-8-7-14(9-16(15)24-12-18(21)23)20-10-13-5-3-2-4-6-13/h2-9,20H,10-12H2,1H3,(H,19,22). The molecule has 3 rings (SSSR count). The number of carbonyl (C=O) groups is 2. The Hall–Kier alpha value is -3.02. The summed E-state index contributed by atoms with van der Waals surface area (Å²) in [6, 6.07) is 15.6. The van der Waals surface area contributed by atoms with Gasteiger partial charge < -0.3 is 15.4 Å². The molecule has 1 aliphatic rings. The third kappa shape index (κ3) is 3.48. The molecule has 0 bridgehead atoms. The van der Waals surface area contributed by atoms with Crippen LogP contribution in [0.3, 0.4) is 0 Å². The first kappa shape index (κ1) is 15.9. The van der Waals surface area contributed by atoms with Crippen molar-refractivity contribution in [1.82, 2.24) is 5.32 Å². The molecule has 0 saturated heterocycles. The van der Waals surface area contributed by atoms with Crippen LogP contribution in [0.4, 0.5) is 11.4 Å². The molecule has 0 atom stereocenters. The molecule has 1 aliphatic heterocycles. The molecule has 6 nitrogen and oxygen atoms in total. The van der Waals surface area contributed by atoms with Crippen LogP contribution in [0.15, 0.2) is 48.5 Å². The molecule has 2 aromatic rings. The zero-order chi connectivity index (χ0) is 16.9. The molecule has 6 heteroatoms. The van der Waals surface area contributed by atoms with E-state index in [2.05, 4.69) is 10.6 Å². The number of anilines is 2. The number of ether oxygens (including phenoxy) is 1. The predicted octanol–water partition coefficient (Wildman–Crippen LogP) is 1.77. The van der Waals surface area contributed by atoms with Crippen molar-refractivity contribution in [3.05, 3.63) is 54.1 Å². The molecule has 2 N–H and O–H groups in total. The Bertz CT molecular complexity index is 746. The van der Waals surface area contributed by atoms with Crippen LogP contribution < -0.4 is 20.3 Å². The normalized spacial score (nSPS) is 13.0. The summed E-state index contributed by atoms with van der Waals surface area (Å²) < 4.78 is 5.51. The third-order valence-corrected chi connectivity index (χ3v) is 3.82. The van der Waals surface area contributed by atoms with E-state index in [-0.39, 0.29) is 25.0 Å². The van der Waals surface area contributed by atoms with Crippen LogP contribution in [0.25, 0.3) is 0 Å². The Labute approximate surface area is 140 Å². The van der Waals surface area contributed by atoms with Crippen LogP contribution in [0, 0.1) is 0 Å². The summed E-state index contributed by atoms with van der Waals surface area (Å²) in [5.41, 5.74) is 2.68. The second kappa shape index (κ2) is 7.04. The Morgan fingerprint density at radius 1 is 1.21 bits per heavy atom. The van der Waals surface area contributed by atoms with Gasteiger partial charge in [0.2, 0.25) is 5.91 Å². The molecule has 2 aromatic carbocycles. The van der Waals surface area contributed by atoms with Gasteiger partial charge in [0.05, 0.1) is 5.69 Å². The first-order valence-corrected chi connectivity index (χ1v) is 7.73. The average Bonchev–Trinajstić information content (AvgIpc) is 2.63. The predicted molar refractivity (Wildman–Crippen MR) is 92.1 cm³/mol. The number of rotatable bonds is 5. The Morgan fingerprint density at radius 2 is 2.00 bits per heavy atom. The van der Waals surface area contributed by atoms with E-state index in [1.165, 1.54) is 10.5 Å². The van der Waals surface area contributed by atoms with E-state index in [1.807, 2.05) is 42.5 Å². The molecule has 0 radical (unpaired) electrons. The van der Waals surface area contributed by atoms with Gasteiger partial charge in [0, 0.05) is 25.3 Å². The highest BCUT2D eigenvalue weighted by Crippen LogP contribution is 2.34. The quantitative estimate of drug-likeness (QED) is 0.879. The summed E-state index contributed by atoms with van der Waals surface area (Å²) in [4.78, 5) is 25.1. The lowest BCUT2D eigenvalue weighted by molar-refractivity contribution is -0.125. The molecule has 124 valence electrons. The molecule has 0 aromatic heterocycles. The Kier molecular flexibility index (Phi) is 4.65. The SMILES string of the molecule is CNC(=O)CN1C(=O)COc2cc(NCc3ccccc3)ccc21. The maximum Gasteiger partial charge on any atom is 0.265 e. The van der Waals surface area contributed by atoms with Gasteiger partial charge in [0.25, 0.3) is 5.91 Å². The van der Waals surface area contributed by atoms with Gasteiger partial charge in [-0.1, -0.05) is 30.3 Å². The molecular formula is C18H19N3O3. The van der Waals surface area contributed by atoms with Crippen LogP contribution in [0.2, 0.25) is 0 Å². The van der Waals surface area contributed by atoms with Crippen LogP contribution in [0.1, 0.15) is 5.56 Å². The molecular weight excluding hydrogens is 306 g/mol. The van der Waals surface area contributed by atoms with Crippen molar-refractivity contribution >= 4 is 23.2 Å². The second-order valence-corrected chi connectivity index (χ2v) is 5.46. The molecule has 0 fully saturated rings. The first-order valence-electron chi connectivity index (χ1n) is 7.73. The van der Waals surface area contributed by atoms with Crippen LogP contribution in [-0.2, 0) is 16.1 Å². The highest BCUT2D eigenvalue weighted by atomic mass is 16.5. The Morgan fingerprint density at radius 3 is 2.75 bits per heavy atom. The minimum absolute atomic E-state index is 0.0114. The molecule has 2 amide bonds. The van der Waals surface area contributed by atoms with E-state index >= 15 is 0 Å². The van der Waals surface area contributed by atoms with Gasteiger partial charge in [-0.05, 0) is 17.7 Å². The molecule has 1 heterocycles. The van der Waals surface area contributed by atoms with Gasteiger partial charge in [0.1, 0.15) is 12.3 Å². The van der Waals surface area contributed by atoms with Crippen LogP contribution >= 0.6 is 0 Å². The molecule has 0 saturated carbocycles. The summed E-state index contributed by atoms with van der Waals surface area (Å²) in [6.45, 7) is 0.620. The summed E-state index contributed by atoms with van der Waals surface area (Å²) >= 11 is 0. The minimum atomic E-state index is -0.226. The van der Waals surface area contributed by atoms with Gasteiger partial charge in [0.15, 0.2) is 6.61 Å². The average molecular weight is 325 g/mol. The summed E-state index contributed by atoms with van der Waals surface area (Å²) in [6.07, 6.45) is 0. The fourth-order valence-electron chi connectivity index (χ4n) is 2.51. The van der Waals surface area contributed by atoms with E-state index < -0.39 is 0 Å². The lowest BCUT2D eigenvalue weighted by atomic mass is 10.2. The van der Waals surface area contributed by atoms with Gasteiger partial charge in [-0.3, -0.25) is 14.5 Å². The van der Waals surface area contributed by atoms with Crippen molar-refractivity contribution in [3.63, 3.8) is 0 Å². The van der Waals surface area contributed by atoms with Crippen molar-refractivity contribution in [3.8, 4) is 5.75 Å². The van der Waals surface area contributed by atoms with E-state index in [0.29, 0.717) is 18.0 Å². The number of nitrogens with zero attached hydrogens (tertiary/aromatic N) is 1. The van der Waals surface area contributed by atoms with Gasteiger partial charge in [-0.2, -0.15) is 0 Å². The highest BCUT2D eigenvalue weighted by Gasteiger charge is 2.27. The zero-order valence-corrected chi connectivity index (χ0v) is 13.4. The van der Waals surface area contributed by atoms with E-state index in [0.717, 1.165) is 5.69 Å². The smallest absolute Gasteiger partial charge is 0.265 e. The van der Waals surface area contributed by atoms with E-state index in [1.54, 1.807) is 13.1 Å². The fraction of sp³-hybridized carbons (Fsp3) is 0.222. The summed E-state index contributed by atoms with van der Waals surface area (Å²) in [7, 11) is 1.55. The summed E-state index contributed by atoms with van der Waals surface area (Å²) in [5.74, 6) is 0.148. The number of hydrogen-bond donors (Lipinski definition) is 2. The van der Waals surface area contributed by atoms with Gasteiger partial charge in [-0.25, -0.2) is 0 Å². The van der Waals surface area contributed by atoms with Crippen LogP contribution in [0.5, 0.6) is 5.75 Å². The molecule has 24 heavy (non-hydrogen) atoms. The lowest BCUT2D eigenvalue weighted by Crippen LogP contribution is -2.44. The maximum atomic E-state index is 12.0. The van der Waals surface area contributed by atoms with Gasteiger partial charge in [-0.15, -0.1) is 0 Å². The number of hydrogen-bond acceptors (Lipinski definition) is 4. The topological polar surface area (TPSA) is 70.7 Å². The number of fused-ring (bicyclic) bond motifs is 1. The molecule has 0 aliphatic carbocycles. The number of carbonyl (C=O) groups excluding carboxylic acids is 2. The zero-order valence-electron chi connectivity index (χ0n) is 13.4. The van der Waals surface area contributed by atoms with E-state index in [9.17, 15) is 9.59 Å². The van der Waals surface area contributed by atoms with Crippen molar-refractivity contribution < 1.29 is 14.3 Å². The summed E-state index contributed by atoms with van der Waals surface area (Å²) in [5, 5.41) is 5.85. The van der Waals surface area contributed by atoms with Gasteiger partial charge >= 0.3 is 0 Å². The van der Waals surface area contributed by atoms with Crippen molar-refractivity contribution in [2.45, 2.75) is 6.54 Å². The second-order valence-electron chi connectivity index (χ2n) is 5.46. The monoisotopic (exact) mass is 325 g/mol. The maximum absolute atomic E-state index is 12.0. The van der Waals surface area contributed by atoms with Crippen molar-refractivity contribution in [1.29, 1.82) is 0 Å². The number of nitrogens with one attached hydrogen (secondary N) is 2.